The molecule has 0 aliphatic heterocycles. The number of nitrogens with one attached hydrogen (secondary N) is 2. The maximum absolute atomic E-state index is 12.0. The van der Waals surface area contributed by atoms with Gasteiger partial charge in [0, 0.05) is 10.2 Å². The van der Waals surface area contributed by atoms with Crippen molar-refractivity contribution in [1.29, 1.82) is 5.26 Å². The Labute approximate surface area is 131 Å². The normalized spacial score (nSPS) is 9.81. The van der Waals surface area contributed by atoms with Crippen LogP contribution in [0.5, 0.6) is 0 Å². The lowest BCUT2D eigenvalue weighted by Gasteiger charge is -2.12. The Balaban J connectivity index is 2.14. The summed E-state index contributed by atoms with van der Waals surface area (Å²) in [5.41, 5.74) is 3.90. The predicted molar refractivity (Wildman–Crippen MR) is 87.4 cm³/mol. The molecule has 106 valence electrons. The van der Waals surface area contributed by atoms with E-state index in [9.17, 15) is 4.79 Å². The molecule has 21 heavy (non-hydrogen) atoms. The monoisotopic (exact) mass is 343 g/mol. The van der Waals surface area contributed by atoms with E-state index in [0.29, 0.717) is 11.3 Å². The van der Waals surface area contributed by atoms with Crippen molar-refractivity contribution in [2.45, 2.75) is 13.8 Å². The van der Waals surface area contributed by atoms with Gasteiger partial charge in [-0.25, -0.2) is 4.79 Å². The molecule has 0 atom stereocenters. The van der Waals surface area contributed by atoms with Crippen molar-refractivity contribution < 1.29 is 4.79 Å². The molecule has 0 unspecified atom stereocenters. The Morgan fingerprint density at radius 2 is 1.95 bits per heavy atom. The average molecular weight is 344 g/mol. The fourth-order valence-corrected chi connectivity index (χ4v) is 2.79. The molecule has 0 aromatic heterocycles. The molecule has 0 radical (unpaired) electrons. The Kier molecular flexibility index (Phi) is 4.61. The van der Waals surface area contributed by atoms with Crippen LogP contribution >= 0.6 is 15.9 Å². The second kappa shape index (κ2) is 6.42. The lowest BCUT2D eigenvalue weighted by Crippen LogP contribution is -2.20. The summed E-state index contributed by atoms with van der Waals surface area (Å²) in [6.45, 7) is 3.93. The predicted octanol–water partition coefficient (Wildman–Crippen LogP) is 4.58. The lowest BCUT2D eigenvalue weighted by molar-refractivity contribution is 0.262. The first-order chi connectivity index (χ1) is 9.99. The average Bonchev–Trinajstić information content (AvgIpc) is 2.43. The van der Waals surface area contributed by atoms with E-state index in [1.807, 2.05) is 32.0 Å². The third-order valence-corrected chi connectivity index (χ3v) is 3.55. The minimum absolute atomic E-state index is 0.349. The molecule has 5 heteroatoms. The van der Waals surface area contributed by atoms with Crippen LogP contribution in [0.25, 0.3) is 0 Å². The number of halogens is 1. The molecule has 0 aliphatic carbocycles. The number of amides is 2. The van der Waals surface area contributed by atoms with Crippen molar-refractivity contribution >= 4 is 33.3 Å². The van der Waals surface area contributed by atoms with Crippen LogP contribution in [-0.2, 0) is 0 Å². The van der Waals surface area contributed by atoms with Crippen molar-refractivity contribution in [3.8, 4) is 6.07 Å². The molecule has 2 amide bonds. The first-order valence-corrected chi connectivity index (χ1v) is 7.14. The van der Waals surface area contributed by atoms with Gasteiger partial charge in [-0.05, 0) is 65.2 Å². The summed E-state index contributed by atoms with van der Waals surface area (Å²) in [6.07, 6.45) is 0. The molecule has 0 fully saturated rings. The van der Waals surface area contributed by atoms with Crippen molar-refractivity contribution in [1.82, 2.24) is 0 Å². The van der Waals surface area contributed by atoms with Gasteiger partial charge in [-0.2, -0.15) is 5.26 Å². The summed E-state index contributed by atoms with van der Waals surface area (Å²) in [7, 11) is 0. The molecule has 4 nitrogen and oxygen atoms in total. The molecule has 0 saturated heterocycles. The molecule has 2 rings (SSSR count). The van der Waals surface area contributed by atoms with E-state index in [4.69, 9.17) is 5.26 Å². The molecule has 0 spiro atoms. The number of benzene rings is 2. The molecular formula is C16H14BrN3O. The van der Waals surface area contributed by atoms with Gasteiger partial charge in [-0.3, -0.25) is 0 Å². The van der Waals surface area contributed by atoms with Crippen LogP contribution in [0.15, 0.2) is 40.9 Å². The lowest BCUT2D eigenvalue weighted by atomic mass is 10.1. The van der Waals surface area contributed by atoms with Gasteiger partial charge in [0.25, 0.3) is 0 Å². The van der Waals surface area contributed by atoms with Crippen molar-refractivity contribution in [2.75, 3.05) is 10.6 Å². The van der Waals surface area contributed by atoms with Crippen LogP contribution in [0.3, 0.4) is 0 Å². The molecule has 2 aromatic carbocycles. The maximum Gasteiger partial charge on any atom is 0.323 e. The number of carbonyl (C=O) groups excluding carboxylic acids is 1. The molecule has 2 aromatic rings. The Morgan fingerprint density at radius 3 is 2.62 bits per heavy atom. The zero-order valence-electron chi connectivity index (χ0n) is 11.7. The number of anilines is 2. The molecule has 0 aliphatic rings. The summed E-state index contributed by atoms with van der Waals surface area (Å²) in [5.74, 6) is 0. The van der Waals surface area contributed by atoms with Gasteiger partial charge in [-0.1, -0.05) is 12.1 Å². The van der Waals surface area contributed by atoms with E-state index in [1.165, 1.54) is 0 Å². The highest BCUT2D eigenvalue weighted by atomic mass is 79.9. The quantitative estimate of drug-likeness (QED) is 0.837. The largest absolute Gasteiger partial charge is 0.323 e. The van der Waals surface area contributed by atoms with Crippen molar-refractivity contribution in [3.63, 3.8) is 0 Å². The number of carbonyl (C=O) groups is 1. The van der Waals surface area contributed by atoms with Crippen molar-refractivity contribution in [2.24, 2.45) is 0 Å². The molecular weight excluding hydrogens is 330 g/mol. The van der Waals surface area contributed by atoms with Gasteiger partial charge in [0.05, 0.1) is 17.3 Å². The summed E-state index contributed by atoms with van der Waals surface area (Å²) >= 11 is 3.45. The van der Waals surface area contributed by atoms with Crippen LogP contribution in [0, 0.1) is 25.2 Å². The van der Waals surface area contributed by atoms with Gasteiger partial charge >= 0.3 is 6.03 Å². The zero-order valence-corrected chi connectivity index (χ0v) is 13.3. The number of hydrogen-bond acceptors (Lipinski definition) is 2. The van der Waals surface area contributed by atoms with E-state index in [-0.39, 0.29) is 6.03 Å². The third kappa shape index (κ3) is 3.83. The van der Waals surface area contributed by atoms with E-state index in [2.05, 4.69) is 26.6 Å². The smallest absolute Gasteiger partial charge is 0.308 e. The Hall–Kier alpha value is -2.32. The van der Waals surface area contributed by atoms with Crippen LogP contribution in [0.2, 0.25) is 0 Å². The molecule has 0 saturated carbocycles. The first-order valence-electron chi connectivity index (χ1n) is 6.34. The molecule has 0 bridgehead atoms. The van der Waals surface area contributed by atoms with Crippen LogP contribution < -0.4 is 10.6 Å². The first kappa shape index (κ1) is 15.1. The highest BCUT2D eigenvalue weighted by molar-refractivity contribution is 9.10. The minimum atomic E-state index is -0.349. The maximum atomic E-state index is 12.0. The van der Waals surface area contributed by atoms with Crippen LogP contribution in [0.4, 0.5) is 16.2 Å². The highest BCUT2D eigenvalue weighted by Crippen LogP contribution is 2.27. The van der Waals surface area contributed by atoms with Gasteiger partial charge in [0.15, 0.2) is 0 Å². The van der Waals surface area contributed by atoms with Crippen LogP contribution in [-0.4, -0.2) is 6.03 Å². The van der Waals surface area contributed by atoms with Gasteiger partial charge in [0.1, 0.15) is 0 Å². The summed E-state index contributed by atoms with van der Waals surface area (Å²) < 4.78 is 0.834. The third-order valence-electron chi connectivity index (χ3n) is 2.92. The number of aryl methyl sites for hydroxylation is 2. The number of nitrogens with zero attached hydrogens (tertiary/aromatic N) is 1. The van der Waals surface area contributed by atoms with Gasteiger partial charge in [-0.15, -0.1) is 0 Å². The second-order valence-corrected chi connectivity index (χ2v) is 5.56. The number of hydrogen-bond donors (Lipinski definition) is 2. The SMILES string of the molecule is Cc1cc(C)c(NC(=O)Nc2cccc(C#N)c2)c(Br)c1. The zero-order chi connectivity index (χ0) is 15.4. The van der Waals surface area contributed by atoms with Crippen molar-refractivity contribution in [3.05, 3.63) is 57.6 Å². The van der Waals surface area contributed by atoms with E-state index in [1.54, 1.807) is 24.3 Å². The fourth-order valence-electron chi connectivity index (χ4n) is 2.02. The van der Waals surface area contributed by atoms with Crippen LogP contribution in [0.1, 0.15) is 16.7 Å². The Bertz CT molecular complexity index is 712. The molecule has 2 N–H and O–H groups in total. The number of nitriles is 1. The van der Waals surface area contributed by atoms with E-state index < -0.39 is 0 Å². The number of urea groups is 1. The number of rotatable bonds is 2. The van der Waals surface area contributed by atoms with Gasteiger partial charge < -0.3 is 10.6 Å². The summed E-state index contributed by atoms with van der Waals surface area (Å²) in [5, 5.41) is 14.4. The minimum Gasteiger partial charge on any atom is -0.308 e. The topological polar surface area (TPSA) is 64.9 Å². The summed E-state index contributed by atoms with van der Waals surface area (Å²) in [6, 6.07) is 12.4. The standard InChI is InChI=1S/C16H14BrN3O/c1-10-6-11(2)15(14(17)7-10)20-16(21)19-13-5-3-4-12(8-13)9-18/h3-8H,1-2H3,(H2,19,20,21). The summed E-state index contributed by atoms with van der Waals surface area (Å²) in [4.78, 5) is 12.0. The molecule has 0 heterocycles. The highest BCUT2D eigenvalue weighted by Gasteiger charge is 2.09. The Morgan fingerprint density at radius 1 is 1.19 bits per heavy atom. The van der Waals surface area contributed by atoms with E-state index in [0.717, 1.165) is 21.3 Å². The fraction of sp³-hybridized carbons (Fsp3) is 0.125. The van der Waals surface area contributed by atoms with Gasteiger partial charge in [0.2, 0.25) is 0 Å². The second-order valence-electron chi connectivity index (χ2n) is 4.71. The van der Waals surface area contributed by atoms with E-state index >= 15 is 0 Å².